The maximum Gasteiger partial charge on any atom is 0.0594 e. The van der Waals surface area contributed by atoms with E-state index in [1.165, 1.54) is 18.5 Å². The fraction of sp³-hybridized carbons (Fsp3) is 0.579. The van der Waals surface area contributed by atoms with Gasteiger partial charge in [-0.1, -0.05) is 23.7 Å². The summed E-state index contributed by atoms with van der Waals surface area (Å²) in [4.78, 5) is 6.50. The number of morpholine rings is 1. The van der Waals surface area contributed by atoms with Gasteiger partial charge in [-0.25, -0.2) is 0 Å². The molecule has 0 bridgehead atoms. The van der Waals surface area contributed by atoms with Crippen LogP contribution in [0.3, 0.4) is 0 Å². The predicted molar refractivity (Wildman–Crippen MR) is 102 cm³/mol. The smallest absolute Gasteiger partial charge is 0.0594 e. The molecule has 2 saturated heterocycles. The van der Waals surface area contributed by atoms with E-state index < -0.39 is 0 Å². The van der Waals surface area contributed by atoms with E-state index in [9.17, 15) is 0 Å². The standard InChI is InChI=1S/C19H25ClN2OS/c1-21-12-18(14-2-4-15(20)5-3-14)17-10-16(24-19(17)13-21)11-22-6-8-23-9-7-22/h2-5,13,16-18H,6-12H2,1H3. The minimum Gasteiger partial charge on any atom is -0.379 e. The van der Waals surface area contributed by atoms with E-state index in [2.05, 4.69) is 46.9 Å². The highest BCUT2D eigenvalue weighted by molar-refractivity contribution is 8.04. The lowest BCUT2D eigenvalue weighted by molar-refractivity contribution is 0.0377. The van der Waals surface area contributed by atoms with Crippen molar-refractivity contribution < 1.29 is 4.74 Å². The Morgan fingerprint density at radius 3 is 2.67 bits per heavy atom. The molecule has 0 radical (unpaired) electrons. The first-order valence-electron chi connectivity index (χ1n) is 8.83. The van der Waals surface area contributed by atoms with Gasteiger partial charge in [0.1, 0.15) is 0 Å². The molecular weight excluding hydrogens is 340 g/mol. The number of allylic oxidation sites excluding steroid dienone is 1. The largest absolute Gasteiger partial charge is 0.379 e. The first-order chi connectivity index (χ1) is 11.7. The summed E-state index contributed by atoms with van der Waals surface area (Å²) in [6, 6.07) is 8.48. The van der Waals surface area contributed by atoms with Gasteiger partial charge < -0.3 is 9.64 Å². The summed E-state index contributed by atoms with van der Waals surface area (Å²) >= 11 is 8.18. The molecule has 2 fully saturated rings. The van der Waals surface area contributed by atoms with E-state index in [4.69, 9.17) is 16.3 Å². The zero-order valence-corrected chi connectivity index (χ0v) is 15.7. The lowest BCUT2D eigenvalue weighted by Crippen LogP contribution is -2.40. The van der Waals surface area contributed by atoms with Crippen molar-refractivity contribution in [3.05, 3.63) is 46.0 Å². The second-order valence-electron chi connectivity index (χ2n) is 7.12. The van der Waals surface area contributed by atoms with Gasteiger partial charge in [-0.3, -0.25) is 4.90 Å². The van der Waals surface area contributed by atoms with Crippen LogP contribution in [-0.4, -0.2) is 61.5 Å². The Morgan fingerprint density at radius 1 is 1.17 bits per heavy atom. The van der Waals surface area contributed by atoms with E-state index >= 15 is 0 Å². The van der Waals surface area contributed by atoms with Crippen molar-refractivity contribution in [2.45, 2.75) is 17.6 Å². The first-order valence-corrected chi connectivity index (χ1v) is 10.1. The van der Waals surface area contributed by atoms with Crippen LogP contribution in [0.2, 0.25) is 5.02 Å². The van der Waals surface area contributed by atoms with E-state index in [0.29, 0.717) is 17.1 Å². The summed E-state index contributed by atoms with van der Waals surface area (Å²) < 4.78 is 5.48. The van der Waals surface area contributed by atoms with Gasteiger partial charge in [0.05, 0.1) is 13.2 Å². The molecule has 0 N–H and O–H groups in total. The summed E-state index contributed by atoms with van der Waals surface area (Å²) in [7, 11) is 2.20. The molecule has 0 saturated carbocycles. The zero-order chi connectivity index (χ0) is 16.5. The van der Waals surface area contributed by atoms with Crippen molar-refractivity contribution in [1.82, 2.24) is 9.80 Å². The quantitative estimate of drug-likeness (QED) is 0.812. The molecule has 1 aromatic carbocycles. The Morgan fingerprint density at radius 2 is 1.92 bits per heavy atom. The predicted octanol–water partition coefficient (Wildman–Crippen LogP) is 3.66. The number of thioether (sulfide) groups is 1. The first kappa shape index (κ1) is 16.8. The lowest BCUT2D eigenvalue weighted by atomic mass is 9.81. The molecule has 130 valence electrons. The molecule has 0 aliphatic carbocycles. The molecule has 3 nitrogen and oxygen atoms in total. The van der Waals surface area contributed by atoms with Crippen molar-refractivity contribution in [2.75, 3.05) is 46.4 Å². The molecule has 24 heavy (non-hydrogen) atoms. The van der Waals surface area contributed by atoms with Crippen molar-refractivity contribution in [2.24, 2.45) is 5.92 Å². The van der Waals surface area contributed by atoms with Gasteiger partial charge in [0.25, 0.3) is 0 Å². The molecule has 3 aliphatic rings. The average Bonchev–Trinajstić information content (AvgIpc) is 2.98. The summed E-state index contributed by atoms with van der Waals surface area (Å²) in [6.45, 7) is 6.24. The number of hydrogen-bond acceptors (Lipinski definition) is 4. The van der Waals surface area contributed by atoms with Gasteiger partial charge in [0.2, 0.25) is 0 Å². The fourth-order valence-corrected chi connectivity index (χ4v) is 5.93. The fourth-order valence-electron chi connectivity index (χ4n) is 4.15. The van der Waals surface area contributed by atoms with Gasteiger partial charge >= 0.3 is 0 Å². The third-order valence-corrected chi connectivity index (χ3v) is 6.97. The van der Waals surface area contributed by atoms with Crippen LogP contribution in [0.25, 0.3) is 0 Å². The van der Waals surface area contributed by atoms with E-state index in [0.717, 1.165) is 37.9 Å². The molecule has 0 spiro atoms. The van der Waals surface area contributed by atoms with Crippen LogP contribution >= 0.6 is 23.4 Å². The number of nitrogens with zero attached hydrogens (tertiary/aromatic N) is 2. The van der Waals surface area contributed by atoms with Gasteiger partial charge in [-0.05, 0) is 24.1 Å². The minimum atomic E-state index is 0.578. The summed E-state index contributed by atoms with van der Waals surface area (Å²) in [6.07, 6.45) is 3.66. The Balaban J connectivity index is 1.48. The van der Waals surface area contributed by atoms with Crippen molar-refractivity contribution in [3.63, 3.8) is 0 Å². The highest BCUT2D eigenvalue weighted by Gasteiger charge is 2.39. The second-order valence-corrected chi connectivity index (χ2v) is 8.93. The topological polar surface area (TPSA) is 15.7 Å². The third-order valence-electron chi connectivity index (χ3n) is 5.37. The molecule has 4 rings (SSSR count). The van der Waals surface area contributed by atoms with Crippen LogP contribution < -0.4 is 0 Å². The maximum atomic E-state index is 6.08. The number of fused-ring (bicyclic) bond motifs is 1. The Kier molecular flexibility index (Phi) is 5.09. The summed E-state index contributed by atoms with van der Waals surface area (Å²) in [5.74, 6) is 1.24. The molecular formula is C19H25ClN2OS. The highest BCUT2D eigenvalue weighted by atomic mass is 35.5. The van der Waals surface area contributed by atoms with E-state index in [1.807, 2.05) is 12.1 Å². The molecule has 5 heteroatoms. The monoisotopic (exact) mass is 364 g/mol. The minimum absolute atomic E-state index is 0.578. The molecule has 1 aromatic rings. The number of halogens is 1. The zero-order valence-electron chi connectivity index (χ0n) is 14.2. The maximum absolute atomic E-state index is 6.08. The van der Waals surface area contributed by atoms with Crippen LogP contribution in [-0.2, 0) is 4.74 Å². The molecule has 3 atom stereocenters. The van der Waals surface area contributed by atoms with Crippen LogP contribution in [0.15, 0.2) is 35.4 Å². The third kappa shape index (κ3) is 3.62. The van der Waals surface area contributed by atoms with Crippen molar-refractivity contribution in [1.29, 1.82) is 0 Å². The lowest BCUT2D eigenvalue weighted by Gasteiger charge is -2.34. The number of likely N-dealkylation sites (N-methyl/N-ethyl adjacent to an activating group) is 1. The number of hydrogen-bond donors (Lipinski definition) is 0. The number of ether oxygens (including phenoxy) is 1. The van der Waals surface area contributed by atoms with E-state index in [-0.39, 0.29) is 0 Å². The van der Waals surface area contributed by atoms with Crippen molar-refractivity contribution in [3.8, 4) is 0 Å². The normalized spacial score (nSPS) is 31.0. The summed E-state index contributed by atoms with van der Waals surface area (Å²) in [5, 5.41) is 1.53. The van der Waals surface area contributed by atoms with Crippen LogP contribution in [0, 0.1) is 5.92 Å². The van der Waals surface area contributed by atoms with Gasteiger partial charge in [0.15, 0.2) is 0 Å². The van der Waals surface area contributed by atoms with Crippen LogP contribution in [0.5, 0.6) is 0 Å². The SMILES string of the molecule is CN1C=C2SC(CN3CCOCC3)CC2C(c2ccc(Cl)cc2)C1. The number of rotatable bonds is 3. The van der Waals surface area contributed by atoms with Crippen LogP contribution in [0.4, 0.5) is 0 Å². The molecule has 3 aliphatic heterocycles. The molecule has 0 aromatic heterocycles. The second kappa shape index (κ2) is 7.28. The summed E-state index contributed by atoms with van der Waals surface area (Å²) in [5.41, 5.74) is 1.43. The van der Waals surface area contributed by atoms with Gasteiger partial charge in [-0.15, -0.1) is 11.8 Å². The Bertz CT molecular complexity index is 600. The van der Waals surface area contributed by atoms with Crippen LogP contribution in [0.1, 0.15) is 17.9 Å². The molecule has 3 heterocycles. The molecule has 0 amide bonds. The Hall–Kier alpha value is -0.680. The average molecular weight is 365 g/mol. The molecule has 3 unspecified atom stereocenters. The van der Waals surface area contributed by atoms with Gasteiger partial charge in [-0.2, -0.15) is 0 Å². The van der Waals surface area contributed by atoms with Crippen molar-refractivity contribution >= 4 is 23.4 Å². The highest BCUT2D eigenvalue weighted by Crippen LogP contribution is 2.51. The van der Waals surface area contributed by atoms with Gasteiger partial charge in [0, 0.05) is 66.4 Å². The van der Waals surface area contributed by atoms with E-state index in [1.54, 1.807) is 4.91 Å². The number of benzene rings is 1. The Labute approximate surface area is 154 Å².